The number of H-pyrrole nitrogens is 1. The molecule has 2 heterocycles. The molecular weight excluding hydrogens is 188 g/mol. The van der Waals surface area contributed by atoms with E-state index in [0.717, 1.165) is 16.6 Å². The van der Waals surface area contributed by atoms with Crippen LogP contribution in [0.1, 0.15) is 17.9 Å². The van der Waals surface area contributed by atoms with Gasteiger partial charge in [-0.1, -0.05) is 0 Å². The molecule has 0 aliphatic rings. The van der Waals surface area contributed by atoms with E-state index in [9.17, 15) is 0 Å². The average Bonchev–Trinajstić information content (AvgIpc) is 2.70. The minimum atomic E-state index is -0.382. The lowest BCUT2D eigenvalue weighted by Crippen LogP contribution is -1.92. The smallest absolute Gasteiger partial charge is 0.137 e. The summed E-state index contributed by atoms with van der Waals surface area (Å²) >= 11 is 0. The van der Waals surface area contributed by atoms with Crippen molar-refractivity contribution in [3.05, 3.63) is 30.1 Å². The quantitative estimate of drug-likeness (QED) is 0.798. The molecule has 0 amide bonds. The molecule has 0 fully saturated rings. The van der Waals surface area contributed by atoms with Gasteiger partial charge in [-0.15, -0.1) is 0 Å². The highest BCUT2D eigenvalue weighted by molar-refractivity contribution is 5.80. The van der Waals surface area contributed by atoms with Crippen LogP contribution in [0.15, 0.2) is 24.5 Å². The second-order valence-electron chi connectivity index (χ2n) is 3.19. The van der Waals surface area contributed by atoms with Gasteiger partial charge in [0.15, 0.2) is 0 Å². The van der Waals surface area contributed by atoms with Gasteiger partial charge in [0.05, 0.1) is 24.5 Å². The first-order valence-corrected chi connectivity index (χ1v) is 4.55. The molecule has 0 saturated heterocycles. The van der Waals surface area contributed by atoms with Gasteiger partial charge in [-0.3, -0.25) is 0 Å². The molecule has 0 aliphatic carbocycles. The van der Waals surface area contributed by atoms with E-state index in [4.69, 9.17) is 10.5 Å². The van der Waals surface area contributed by atoms with Crippen molar-refractivity contribution in [3.8, 4) is 12.1 Å². The maximum atomic E-state index is 8.95. The molecule has 1 unspecified atom stereocenters. The van der Waals surface area contributed by atoms with Crippen LogP contribution in [0.4, 0.5) is 0 Å². The van der Waals surface area contributed by atoms with Crippen molar-refractivity contribution in [2.24, 2.45) is 0 Å². The molecule has 1 atom stereocenters. The van der Waals surface area contributed by atoms with Crippen LogP contribution in [0.5, 0.6) is 0 Å². The van der Waals surface area contributed by atoms with E-state index in [-0.39, 0.29) is 12.3 Å². The van der Waals surface area contributed by atoms with Crippen LogP contribution in [-0.4, -0.2) is 9.97 Å². The third-order valence-electron chi connectivity index (χ3n) is 2.31. The predicted octanol–water partition coefficient (Wildman–Crippen LogP) is 2.08. The number of pyridine rings is 1. The van der Waals surface area contributed by atoms with Crippen molar-refractivity contribution < 1.29 is 0 Å². The molecule has 0 aromatic carbocycles. The Labute approximate surface area is 86.8 Å². The summed E-state index contributed by atoms with van der Waals surface area (Å²) in [6, 6.07) is 7.86. The second kappa shape index (κ2) is 3.81. The first-order valence-electron chi connectivity index (χ1n) is 4.55. The molecule has 72 valence electrons. The average molecular weight is 196 g/mol. The van der Waals surface area contributed by atoms with Crippen molar-refractivity contribution in [1.82, 2.24) is 9.97 Å². The molecular formula is C11H8N4. The Kier molecular flexibility index (Phi) is 2.35. The summed E-state index contributed by atoms with van der Waals surface area (Å²) in [5.41, 5.74) is 1.60. The predicted molar refractivity (Wildman–Crippen MR) is 54.7 cm³/mol. The van der Waals surface area contributed by atoms with Gasteiger partial charge in [-0.25, -0.2) is 4.98 Å². The van der Waals surface area contributed by atoms with Crippen molar-refractivity contribution in [3.63, 3.8) is 0 Å². The fraction of sp³-hybridized carbons (Fsp3) is 0.182. The highest BCUT2D eigenvalue weighted by Gasteiger charge is 2.14. The number of rotatable bonds is 2. The molecule has 15 heavy (non-hydrogen) atoms. The van der Waals surface area contributed by atoms with Crippen molar-refractivity contribution >= 4 is 11.0 Å². The van der Waals surface area contributed by atoms with Gasteiger partial charge in [0.25, 0.3) is 0 Å². The monoisotopic (exact) mass is 196 g/mol. The number of nitrogens with zero attached hydrogens (tertiary/aromatic N) is 3. The summed E-state index contributed by atoms with van der Waals surface area (Å²) in [7, 11) is 0. The third kappa shape index (κ3) is 1.53. The van der Waals surface area contributed by atoms with Gasteiger partial charge < -0.3 is 4.98 Å². The number of hydrogen-bond donors (Lipinski definition) is 1. The topological polar surface area (TPSA) is 76.3 Å². The fourth-order valence-electron chi connectivity index (χ4n) is 1.58. The molecule has 0 aliphatic heterocycles. The molecule has 1 N–H and O–H groups in total. The molecule has 0 radical (unpaired) electrons. The summed E-state index contributed by atoms with van der Waals surface area (Å²) in [6.45, 7) is 0. The maximum Gasteiger partial charge on any atom is 0.137 e. The Balaban J connectivity index is 2.53. The normalized spacial score (nSPS) is 11.9. The van der Waals surface area contributed by atoms with Crippen molar-refractivity contribution in [2.45, 2.75) is 12.3 Å². The maximum absolute atomic E-state index is 8.95. The Morgan fingerprint density at radius 2 is 2.33 bits per heavy atom. The lowest BCUT2D eigenvalue weighted by Gasteiger charge is -2.01. The Hall–Kier alpha value is -2.33. The molecule has 2 aromatic heterocycles. The first-order chi connectivity index (χ1) is 7.36. The largest absolute Gasteiger partial charge is 0.346 e. The van der Waals surface area contributed by atoms with Gasteiger partial charge in [0, 0.05) is 17.8 Å². The molecule has 0 spiro atoms. The number of nitrogens with one attached hydrogen (secondary N) is 1. The summed E-state index contributed by atoms with van der Waals surface area (Å²) in [6.07, 6.45) is 3.65. The number of aromatic nitrogens is 2. The van der Waals surface area contributed by atoms with E-state index >= 15 is 0 Å². The Morgan fingerprint density at radius 3 is 3.07 bits per heavy atom. The SMILES string of the molecule is N#CCC(C#N)c1c[nH]c2ncccc12. The zero-order chi connectivity index (χ0) is 10.7. The van der Waals surface area contributed by atoms with Gasteiger partial charge in [0.1, 0.15) is 5.65 Å². The van der Waals surface area contributed by atoms with Crippen molar-refractivity contribution in [2.75, 3.05) is 0 Å². The minimum Gasteiger partial charge on any atom is -0.346 e. The Morgan fingerprint density at radius 1 is 1.47 bits per heavy atom. The summed E-state index contributed by atoms with van der Waals surface area (Å²) in [5, 5.41) is 18.5. The van der Waals surface area contributed by atoms with Gasteiger partial charge in [0.2, 0.25) is 0 Å². The molecule has 2 rings (SSSR count). The highest BCUT2D eigenvalue weighted by Crippen LogP contribution is 2.25. The number of hydrogen-bond acceptors (Lipinski definition) is 3. The van der Waals surface area contributed by atoms with E-state index in [1.54, 1.807) is 12.4 Å². The van der Waals surface area contributed by atoms with Crippen LogP contribution in [0, 0.1) is 22.7 Å². The molecule has 0 saturated carbocycles. The van der Waals surface area contributed by atoms with Gasteiger partial charge >= 0.3 is 0 Å². The highest BCUT2D eigenvalue weighted by atomic mass is 14.8. The minimum absolute atomic E-state index is 0.207. The first kappa shape index (κ1) is 9.23. The molecule has 2 aromatic rings. The van der Waals surface area contributed by atoms with Gasteiger partial charge in [-0.2, -0.15) is 10.5 Å². The van der Waals surface area contributed by atoms with Crippen LogP contribution >= 0.6 is 0 Å². The zero-order valence-electron chi connectivity index (χ0n) is 7.94. The van der Waals surface area contributed by atoms with Crippen LogP contribution in [-0.2, 0) is 0 Å². The van der Waals surface area contributed by atoms with E-state index in [1.165, 1.54) is 0 Å². The summed E-state index contributed by atoms with van der Waals surface area (Å²) < 4.78 is 0. The standard InChI is InChI=1S/C11H8N4/c12-4-3-8(6-13)10-7-15-11-9(10)2-1-5-14-11/h1-2,5,7-8H,3H2,(H,14,15). The molecule has 4 nitrogen and oxygen atoms in total. The van der Waals surface area contributed by atoms with Crippen LogP contribution in [0.25, 0.3) is 11.0 Å². The van der Waals surface area contributed by atoms with E-state index in [2.05, 4.69) is 16.0 Å². The van der Waals surface area contributed by atoms with Crippen LogP contribution in [0.3, 0.4) is 0 Å². The number of fused-ring (bicyclic) bond motifs is 1. The van der Waals surface area contributed by atoms with E-state index in [0.29, 0.717) is 0 Å². The van der Waals surface area contributed by atoms with Gasteiger partial charge in [-0.05, 0) is 17.7 Å². The molecule has 0 bridgehead atoms. The number of aromatic amines is 1. The number of nitriles is 2. The lowest BCUT2D eigenvalue weighted by atomic mass is 9.98. The lowest BCUT2D eigenvalue weighted by molar-refractivity contribution is 0.895. The zero-order valence-corrected chi connectivity index (χ0v) is 7.94. The van der Waals surface area contributed by atoms with E-state index in [1.807, 2.05) is 18.2 Å². The summed E-state index contributed by atoms with van der Waals surface area (Å²) in [4.78, 5) is 7.12. The van der Waals surface area contributed by atoms with Crippen molar-refractivity contribution in [1.29, 1.82) is 10.5 Å². The fourth-order valence-corrected chi connectivity index (χ4v) is 1.58. The Bertz CT molecular complexity index is 556. The second-order valence-corrected chi connectivity index (χ2v) is 3.19. The van der Waals surface area contributed by atoms with Crippen LogP contribution < -0.4 is 0 Å². The van der Waals surface area contributed by atoms with Crippen LogP contribution in [0.2, 0.25) is 0 Å². The summed E-state index contributed by atoms with van der Waals surface area (Å²) in [5.74, 6) is -0.382. The molecule has 4 heteroatoms. The third-order valence-corrected chi connectivity index (χ3v) is 2.31. The van der Waals surface area contributed by atoms with E-state index < -0.39 is 0 Å².